The lowest BCUT2D eigenvalue weighted by Gasteiger charge is -2.19. The monoisotopic (exact) mass is 462 g/mol. The molecule has 0 bridgehead atoms. The third-order valence-electron chi connectivity index (χ3n) is 6.12. The van der Waals surface area contributed by atoms with Gasteiger partial charge in [0.1, 0.15) is 5.82 Å². The number of hydrogen-bond donors (Lipinski definition) is 1. The van der Waals surface area contributed by atoms with Gasteiger partial charge in [0.2, 0.25) is 5.91 Å². The average molecular weight is 463 g/mol. The molecule has 0 saturated heterocycles. The topological polar surface area (TPSA) is 34.0 Å². The minimum Gasteiger partial charge on any atom is -0.354 e. The lowest BCUT2D eigenvalue weighted by Crippen LogP contribution is -2.33. The van der Waals surface area contributed by atoms with Gasteiger partial charge in [-0.25, -0.2) is 4.39 Å². The molecule has 3 nitrogen and oxygen atoms in total. The summed E-state index contributed by atoms with van der Waals surface area (Å²) in [4.78, 5) is 12.9. The van der Waals surface area contributed by atoms with Crippen LogP contribution in [0.4, 0.5) is 4.39 Å². The number of rotatable bonds is 8. The predicted octanol–water partition coefficient (Wildman–Crippen LogP) is 6.92. The molecule has 0 fully saturated rings. The Balaban J connectivity index is 1.77. The molecular formula is C28H28ClFN2O. The highest BCUT2D eigenvalue weighted by molar-refractivity contribution is 6.30. The maximum absolute atomic E-state index is 13.4. The van der Waals surface area contributed by atoms with E-state index in [1.807, 2.05) is 43.3 Å². The number of carbonyl (C=O) groups is 1. The van der Waals surface area contributed by atoms with E-state index >= 15 is 0 Å². The van der Waals surface area contributed by atoms with Gasteiger partial charge >= 0.3 is 0 Å². The van der Waals surface area contributed by atoms with Crippen molar-refractivity contribution in [3.63, 3.8) is 0 Å². The van der Waals surface area contributed by atoms with Crippen LogP contribution in [-0.4, -0.2) is 16.5 Å². The summed E-state index contributed by atoms with van der Waals surface area (Å²) in [6.07, 6.45) is 3.33. The van der Waals surface area contributed by atoms with Crippen molar-refractivity contribution in [1.29, 1.82) is 0 Å². The van der Waals surface area contributed by atoms with E-state index in [0.29, 0.717) is 18.0 Å². The Labute approximate surface area is 199 Å². The highest BCUT2D eigenvalue weighted by Gasteiger charge is 2.23. The first-order valence-electron chi connectivity index (χ1n) is 11.3. The molecule has 0 saturated carbocycles. The minimum absolute atomic E-state index is 0.0182. The number of hydrogen-bond acceptors (Lipinski definition) is 1. The van der Waals surface area contributed by atoms with Crippen molar-refractivity contribution in [1.82, 2.24) is 9.88 Å². The molecule has 170 valence electrons. The zero-order valence-electron chi connectivity index (χ0n) is 18.9. The van der Waals surface area contributed by atoms with E-state index in [0.717, 1.165) is 34.0 Å². The summed E-state index contributed by atoms with van der Waals surface area (Å²) in [5, 5.41) is 4.85. The van der Waals surface area contributed by atoms with Crippen LogP contribution in [0.25, 0.3) is 10.9 Å². The predicted molar refractivity (Wildman–Crippen MR) is 133 cm³/mol. The van der Waals surface area contributed by atoms with E-state index in [4.69, 9.17) is 11.6 Å². The average Bonchev–Trinajstić information content (AvgIpc) is 3.17. The smallest absolute Gasteiger partial charge is 0.221 e. The number of nitrogens with zero attached hydrogens (tertiary/aromatic N) is 1. The van der Waals surface area contributed by atoms with Gasteiger partial charge in [0.25, 0.3) is 0 Å². The van der Waals surface area contributed by atoms with Gasteiger partial charge in [-0.15, -0.1) is 0 Å². The third kappa shape index (κ3) is 5.45. The molecule has 1 N–H and O–H groups in total. The highest BCUT2D eigenvalue weighted by Crippen LogP contribution is 2.36. The molecule has 1 aromatic heterocycles. The fourth-order valence-electron chi connectivity index (χ4n) is 4.22. The molecule has 0 aliphatic rings. The van der Waals surface area contributed by atoms with Crippen molar-refractivity contribution in [2.24, 2.45) is 0 Å². The number of amides is 1. The molecule has 2 atom stereocenters. The molecule has 0 aliphatic carbocycles. The lowest BCUT2D eigenvalue weighted by atomic mass is 9.88. The van der Waals surface area contributed by atoms with E-state index in [2.05, 4.69) is 35.1 Å². The normalized spacial score (nSPS) is 13.1. The van der Waals surface area contributed by atoms with E-state index in [1.165, 1.54) is 12.1 Å². The van der Waals surface area contributed by atoms with Crippen LogP contribution in [0.3, 0.4) is 0 Å². The molecule has 33 heavy (non-hydrogen) atoms. The quantitative estimate of drug-likeness (QED) is 0.303. The van der Waals surface area contributed by atoms with Crippen LogP contribution in [-0.2, 0) is 11.3 Å². The lowest BCUT2D eigenvalue weighted by molar-refractivity contribution is -0.121. The Morgan fingerprint density at radius 3 is 2.55 bits per heavy atom. The van der Waals surface area contributed by atoms with E-state index in [9.17, 15) is 9.18 Å². The Hall–Kier alpha value is -3.11. The number of para-hydroxylation sites is 1. The van der Waals surface area contributed by atoms with Crippen molar-refractivity contribution in [3.8, 4) is 0 Å². The van der Waals surface area contributed by atoms with Gasteiger partial charge in [-0.1, -0.05) is 61.0 Å². The van der Waals surface area contributed by atoms with Crippen LogP contribution in [0.1, 0.15) is 49.3 Å². The zero-order valence-corrected chi connectivity index (χ0v) is 19.6. The van der Waals surface area contributed by atoms with Crippen molar-refractivity contribution in [3.05, 3.63) is 107 Å². The fraction of sp³-hybridized carbons (Fsp3) is 0.250. The number of aromatic nitrogens is 1. The largest absolute Gasteiger partial charge is 0.354 e. The third-order valence-corrected chi connectivity index (χ3v) is 6.36. The summed E-state index contributed by atoms with van der Waals surface area (Å²) >= 11 is 6.33. The molecule has 1 heterocycles. The minimum atomic E-state index is -0.245. The Kier molecular flexibility index (Phi) is 7.14. The van der Waals surface area contributed by atoms with Gasteiger partial charge in [0, 0.05) is 47.0 Å². The van der Waals surface area contributed by atoms with E-state index < -0.39 is 0 Å². The van der Waals surface area contributed by atoms with Crippen LogP contribution in [0, 0.1) is 5.82 Å². The van der Waals surface area contributed by atoms with Crippen molar-refractivity contribution in [2.75, 3.05) is 0 Å². The van der Waals surface area contributed by atoms with Crippen LogP contribution >= 0.6 is 11.6 Å². The number of benzene rings is 3. The SMILES string of the molecule is CC[C@H](C)NC(=O)C[C@@H](c1cccc(Cl)c1)c1cn(Cc2ccc(F)cc2)c2ccccc12. The first kappa shape index (κ1) is 23.1. The Morgan fingerprint density at radius 2 is 1.82 bits per heavy atom. The van der Waals surface area contributed by atoms with Crippen LogP contribution in [0.5, 0.6) is 0 Å². The zero-order chi connectivity index (χ0) is 23.4. The van der Waals surface area contributed by atoms with Gasteiger partial charge in [0.15, 0.2) is 0 Å². The van der Waals surface area contributed by atoms with Gasteiger partial charge < -0.3 is 9.88 Å². The molecule has 5 heteroatoms. The van der Waals surface area contributed by atoms with Crippen LogP contribution in [0.15, 0.2) is 79.0 Å². The summed E-state index contributed by atoms with van der Waals surface area (Å²) in [7, 11) is 0. The van der Waals surface area contributed by atoms with Gasteiger partial charge in [-0.2, -0.15) is 0 Å². The molecule has 0 spiro atoms. The second-order valence-corrected chi connectivity index (χ2v) is 8.98. The van der Waals surface area contributed by atoms with Crippen molar-refractivity contribution < 1.29 is 9.18 Å². The van der Waals surface area contributed by atoms with Crippen LogP contribution < -0.4 is 5.32 Å². The second-order valence-electron chi connectivity index (χ2n) is 8.54. The van der Waals surface area contributed by atoms with E-state index in [-0.39, 0.29) is 23.7 Å². The van der Waals surface area contributed by atoms with Gasteiger partial charge in [-0.3, -0.25) is 4.79 Å². The number of halogens is 2. The summed E-state index contributed by atoms with van der Waals surface area (Å²) in [6, 6.07) is 22.6. The first-order chi connectivity index (χ1) is 15.9. The summed E-state index contributed by atoms with van der Waals surface area (Å²) in [6.45, 7) is 4.69. The number of carbonyl (C=O) groups excluding carboxylic acids is 1. The highest BCUT2D eigenvalue weighted by atomic mass is 35.5. The Bertz CT molecular complexity index is 1250. The molecular weight excluding hydrogens is 435 g/mol. The van der Waals surface area contributed by atoms with Crippen LogP contribution in [0.2, 0.25) is 5.02 Å². The first-order valence-corrected chi connectivity index (χ1v) is 11.7. The fourth-order valence-corrected chi connectivity index (χ4v) is 4.42. The van der Waals surface area contributed by atoms with E-state index in [1.54, 1.807) is 12.1 Å². The molecule has 0 aliphatic heterocycles. The summed E-state index contributed by atoms with van der Waals surface area (Å²) in [5.41, 5.74) is 4.17. The summed E-state index contributed by atoms with van der Waals surface area (Å²) < 4.78 is 15.6. The van der Waals surface area contributed by atoms with Gasteiger partial charge in [0.05, 0.1) is 0 Å². The maximum atomic E-state index is 13.4. The Morgan fingerprint density at radius 1 is 1.06 bits per heavy atom. The molecule has 3 aromatic carbocycles. The standard InChI is InChI=1S/C28H28ClFN2O/c1-3-19(2)31-28(33)16-25(21-7-6-8-22(29)15-21)26-18-32(27-10-5-4-9-24(26)27)17-20-11-13-23(30)14-12-20/h4-15,18-19,25H,3,16-17H2,1-2H3,(H,31,33)/t19-,25-/m0/s1. The molecule has 4 aromatic rings. The summed E-state index contributed by atoms with van der Waals surface area (Å²) in [5.74, 6) is -0.373. The van der Waals surface area contributed by atoms with Crippen molar-refractivity contribution in [2.45, 2.75) is 45.2 Å². The maximum Gasteiger partial charge on any atom is 0.221 e. The molecule has 0 radical (unpaired) electrons. The second kappa shape index (κ2) is 10.2. The molecule has 1 amide bonds. The number of nitrogens with one attached hydrogen (secondary N) is 1. The van der Waals surface area contributed by atoms with Crippen molar-refractivity contribution >= 4 is 28.4 Å². The van der Waals surface area contributed by atoms with Gasteiger partial charge in [-0.05, 0) is 60.4 Å². The molecule has 4 rings (SSSR count). The molecule has 0 unspecified atom stereocenters. The number of fused-ring (bicyclic) bond motifs is 1.